The van der Waals surface area contributed by atoms with Gasteiger partial charge in [0.15, 0.2) is 0 Å². The Labute approximate surface area is 117 Å². The Balaban J connectivity index is 2.51. The van der Waals surface area contributed by atoms with Crippen LogP contribution in [0.5, 0.6) is 0 Å². The summed E-state index contributed by atoms with van der Waals surface area (Å²) in [6.07, 6.45) is 2.29. The van der Waals surface area contributed by atoms with Crippen LogP contribution in [0.2, 0.25) is 5.02 Å². The lowest BCUT2D eigenvalue weighted by atomic mass is 10.1. The number of amides is 1. The molecule has 1 atom stereocenters. The van der Waals surface area contributed by atoms with Crippen molar-refractivity contribution in [1.82, 2.24) is 4.98 Å². The van der Waals surface area contributed by atoms with Crippen molar-refractivity contribution in [1.29, 1.82) is 0 Å². The second kappa shape index (κ2) is 5.55. The summed E-state index contributed by atoms with van der Waals surface area (Å²) < 4.78 is 0. The number of hydrogen-bond acceptors (Lipinski definition) is 3. The third-order valence-electron chi connectivity index (χ3n) is 3.06. The van der Waals surface area contributed by atoms with Gasteiger partial charge in [0.25, 0.3) is 0 Å². The highest BCUT2D eigenvalue weighted by atomic mass is 35.5. The molecule has 3 N–H and O–H groups in total. The van der Waals surface area contributed by atoms with Gasteiger partial charge in [0.05, 0.1) is 22.3 Å². The van der Waals surface area contributed by atoms with Crippen molar-refractivity contribution >= 4 is 34.1 Å². The summed E-state index contributed by atoms with van der Waals surface area (Å²) in [6, 6.07) is 4.95. The first-order valence-corrected chi connectivity index (χ1v) is 6.52. The number of hydrogen-bond donors (Lipinski definition) is 2. The number of benzene rings is 1. The lowest BCUT2D eigenvalue weighted by Crippen LogP contribution is -2.34. The van der Waals surface area contributed by atoms with E-state index < -0.39 is 6.04 Å². The Morgan fingerprint density at radius 2 is 2.32 bits per heavy atom. The Morgan fingerprint density at radius 1 is 1.58 bits per heavy atom. The number of pyridine rings is 1. The van der Waals surface area contributed by atoms with Crippen molar-refractivity contribution in [2.45, 2.75) is 26.3 Å². The number of fused-ring (bicyclic) bond motifs is 1. The van der Waals surface area contributed by atoms with Gasteiger partial charge in [-0.1, -0.05) is 18.5 Å². The van der Waals surface area contributed by atoms with Crippen molar-refractivity contribution in [2.75, 3.05) is 5.32 Å². The van der Waals surface area contributed by atoms with E-state index in [-0.39, 0.29) is 5.91 Å². The zero-order valence-corrected chi connectivity index (χ0v) is 11.7. The molecule has 1 heterocycles. The third-order valence-corrected chi connectivity index (χ3v) is 3.36. The predicted octanol–water partition coefficient (Wildman–Crippen LogP) is 2.87. The van der Waals surface area contributed by atoms with E-state index in [2.05, 4.69) is 10.3 Å². The van der Waals surface area contributed by atoms with Gasteiger partial charge in [-0.2, -0.15) is 0 Å². The normalized spacial score (nSPS) is 12.4. The minimum absolute atomic E-state index is 0.238. The Hall–Kier alpha value is -1.65. The molecule has 0 radical (unpaired) electrons. The molecule has 1 aromatic carbocycles. The maximum absolute atomic E-state index is 11.9. The number of aromatic nitrogens is 1. The van der Waals surface area contributed by atoms with Crippen LogP contribution < -0.4 is 11.1 Å². The molecule has 0 bridgehead atoms. The summed E-state index contributed by atoms with van der Waals surface area (Å²) in [5, 5.41) is 4.11. The molecule has 0 saturated heterocycles. The van der Waals surface area contributed by atoms with E-state index >= 15 is 0 Å². The van der Waals surface area contributed by atoms with Gasteiger partial charge in [0, 0.05) is 11.6 Å². The first-order chi connectivity index (χ1) is 9.04. The SMILES string of the molecule is CC[C@H](N)C(=O)Nc1c(Cl)cc(C)c2ncccc12. The Kier molecular flexibility index (Phi) is 4.02. The molecule has 2 rings (SSSR count). The Bertz CT molecular complexity index is 627. The standard InChI is InChI=1S/C14H16ClN3O/c1-3-11(16)14(19)18-13-9-5-4-6-17-12(9)8(2)7-10(13)15/h4-7,11H,3,16H2,1-2H3,(H,18,19)/t11-/m0/s1. The van der Waals surface area contributed by atoms with Gasteiger partial charge < -0.3 is 11.1 Å². The molecule has 0 spiro atoms. The van der Waals surface area contributed by atoms with Crippen molar-refractivity contribution < 1.29 is 4.79 Å². The summed E-state index contributed by atoms with van der Waals surface area (Å²) in [7, 11) is 0. The summed E-state index contributed by atoms with van der Waals surface area (Å²) in [6.45, 7) is 3.80. The molecular formula is C14H16ClN3O. The van der Waals surface area contributed by atoms with Crippen molar-refractivity contribution in [3.8, 4) is 0 Å². The molecule has 5 heteroatoms. The van der Waals surface area contributed by atoms with Crippen LogP contribution in [0, 0.1) is 6.92 Å². The number of nitrogens with one attached hydrogen (secondary N) is 1. The third kappa shape index (κ3) is 2.69. The molecule has 0 aliphatic rings. The fourth-order valence-electron chi connectivity index (χ4n) is 1.91. The summed E-state index contributed by atoms with van der Waals surface area (Å²) in [4.78, 5) is 16.2. The van der Waals surface area contributed by atoms with Crippen LogP contribution >= 0.6 is 11.6 Å². The maximum atomic E-state index is 11.9. The largest absolute Gasteiger partial charge is 0.323 e. The highest BCUT2D eigenvalue weighted by Crippen LogP contribution is 2.32. The van der Waals surface area contributed by atoms with Crippen LogP contribution in [0.4, 0.5) is 5.69 Å². The van der Waals surface area contributed by atoms with E-state index in [0.717, 1.165) is 16.5 Å². The smallest absolute Gasteiger partial charge is 0.241 e. The molecule has 0 aliphatic heterocycles. The molecule has 0 saturated carbocycles. The summed E-state index contributed by atoms with van der Waals surface area (Å²) in [5.41, 5.74) is 8.09. The fourth-order valence-corrected chi connectivity index (χ4v) is 2.22. The quantitative estimate of drug-likeness (QED) is 0.906. The minimum atomic E-state index is -0.538. The van der Waals surface area contributed by atoms with Crippen LogP contribution in [-0.4, -0.2) is 16.9 Å². The van der Waals surface area contributed by atoms with Gasteiger partial charge in [-0.25, -0.2) is 0 Å². The highest BCUT2D eigenvalue weighted by Gasteiger charge is 2.16. The van der Waals surface area contributed by atoms with Crippen molar-refractivity contribution in [3.05, 3.63) is 35.0 Å². The van der Waals surface area contributed by atoms with Gasteiger partial charge in [-0.15, -0.1) is 0 Å². The number of carbonyl (C=O) groups excluding carboxylic acids is 1. The van der Waals surface area contributed by atoms with Gasteiger partial charge in [0.2, 0.25) is 5.91 Å². The second-order valence-electron chi connectivity index (χ2n) is 4.45. The summed E-state index contributed by atoms with van der Waals surface area (Å²) in [5.74, 6) is -0.238. The second-order valence-corrected chi connectivity index (χ2v) is 4.86. The molecule has 2 aromatic rings. The first kappa shape index (κ1) is 13.8. The minimum Gasteiger partial charge on any atom is -0.323 e. The highest BCUT2D eigenvalue weighted by molar-refractivity contribution is 6.35. The zero-order chi connectivity index (χ0) is 14.0. The summed E-state index contributed by atoms with van der Waals surface area (Å²) >= 11 is 6.22. The van der Waals surface area contributed by atoms with Crippen molar-refractivity contribution in [2.24, 2.45) is 5.73 Å². The molecular weight excluding hydrogens is 262 g/mol. The van der Waals surface area contributed by atoms with Crippen molar-refractivity contribution in [3.63, 3.8) is 0 Å². The molecule has 0 aliphatic carbocycles. The van der Waals surface area contributed by atoms with E-state index in [1.165, 1.54) is 0 Å². The van der Waals surface area contributed by atoms with Gasteiger partial charge in [-0.3, -0.25) is 9.78 Å². The molecule has 1 aromatic heterocycles. The molecule has 19 heavy (non-hydrogen) atoms. The number of nitrogens with two attached hydrogens (primary N) is 1. The van der Waals surface area contributed by atoms with E-state index in [0.29, 0.717) is 17.1 Å². The zero-order valence-electron chi connectivity index (χ0n) is 10.9. The lowest BCUT2D eigenvalue weighted by Gasteiger charge is -2.14. The number of nitrogens with zero attached hydrogens (tertiary/aromatic N) is 1. The molecule has 0 unspecified atom stereocenters. The van der Waals surface area contributed by atoms with Crippen LogP contribution in [0.3, 0.4) is 0 Å². The number of carbonyl (C=O) groups is 1. The molecule has 1 amide bonds. The van der Waals surface area contributed by atoms with Crippen LogP contribution in [0.25, 0.3) is 10.9 Å². The molecule has 100 valence electrons. The van der Waals surface area contributed by atoms with Gasteiger partial charge in [0.1, 0.15) is 0 Å². The van der Waals surface area contributed by atoms with Crippen LogP contribution in [0.1, 0.15) is 18.9 Å². The topological polar surface area (TPSA) is 68.0 Å². The predicted molar refractivity (Wildman–Crippen MR) is 78.4 cm³/mol. The average molecular weight is 278 g/mol. The monoisotopic (exact) mass is 277 g/mol. The maximum Gasteiger partial charge on any atom is 0.241 e. The van der Waals surface area contributed by atoms with E-state index in [1.807, 2.05) is 26.0 Å². The van der Waals surface area contributed by atoms with E-state index in [9.17, 15) is 4.79 Å². The van der Waals surface area contributed by atoms with E-state index in [4.69, 9.17) is 17.3 Å². The van der Waals surface area contributed by atoms with E-state index in [1.54, 1.807) is 12.3 Å². The Morgan fingerprint density at radius 3 is 3.00 bits per heavy atom. The van der Waals surface area contributed by atoms with Crippen LogP contribution in [-0.2, 0) is 4.79 Å². The number of halogens is 1. The number of rotatable bonds is 3. The van der Waals surface area contributed by atoms with Crippen LogP contribution in [0.15, 0.2) is 24.4 Å². The van der Waals surface area contributed by atoms with Gasteiger partial charge in [-0.05, 0) is 37.1 Å². The number of anilines is 1. The first-order valence-electron chi connectivity index (χ1n) is 6.14. The fraction of sp³-hybridized carbons (Fsp3) is 0.286. The number of aryl methyl sites for hydroxylation is 1. The molecule has 4 nitrogen and oxygen atoms in total. The average Bonchev–Trinajstić information content (AvgIpc) is 2.42. The lowest BCUT2D eigenvalue weighted by molar-refractivity contribution is -0.117. The van der Waals surface area contributed by atoms with Gasteiger partial charge >= 0.3 is 0 Å². The molecule has 0 fully saturated rings.